The average Bonchev–Trinajstić information content (AvgIpc) is 2.30. The summed E-state index contributed by atoms with van der Waals surface area (Å²) >= 11 is 1.86. The van der Waals surface area contributed by atoms with Gasteiger partial charge in [0.2, 0.25) is 0 Å². The van der Waals surface area contributed by atoms with Gasteiger partial charge in [0.25, 0.3) is 0 Å². The topological polar surface area (TPSA) is 12.4 Å². The van der Waals surface area contributed by atoms with Gasteiger partial charge in [-0.15, -0.1) is 11.8 Å². The molecule has 0 atom stereocenters. The van der Waals surface area contributed by atoms with Crippen LogP contribution in [0.3, 0.4) is 0 Å². The van der Waals surface area contributed by atoms with Gasteiger partial charge in [-0.05, 0) is 37.0 Å². The molecule has 3 heteroatoms. The molecule has 1 heterocycles. The molecule has 80 valence electrons. The maximum atomic E-state index is 12.7. The smallest absolute Gasteiger partial charge is 0.123 e. The van der Waals surface area contributed by atoms with Crippen molar-refractivity contribution in [2.75, 3.05) is 12.3 Å². The molecule has 0 saturated carbocycles. The van der Waals surface area contributed by atoms with Crippen molar-refractivity contribution in [2.24, 2.45) is 4.99 Å². The van der Waals surface area contributed by atoms with Gasteiger partial charge in [0.05, 0.1) is 5.04 Å². The second-order valence-corrected chi connectivity index (χ2v) is 4.77. The van der Waals surface area contributed by atoms with Crippen molar-refractivity contribution in [1.82, 2.24) is 0 Å². The Bertz CT molecular complexity index is 345. The Morgan fingerprint density at radius 2 is 2.00 bits per heavy atom. The second kappa shape index (κ2) is 5.31. The molecule has 0 aromatic heterocycles. The summed E-state index contributed by atoms with van der Waals surface area (Å²) in [6, 6.07) is 6.74. The van der Waals surface area contributed by atoms with Gasteiger partial charge >= 0.3 is 0 Å². The normalized spacial score (nSPS) is 16.2. The Labute approximate surface area is 93.8 Å². The summed E-state index contributed by atoms with van der Waals surface area (Å²) in [6.07, 6.45) is 3.16. The highest BCUT2D eigenvalue weighted by Gasteiger charge is 2.05. The van der Waals surface area contributed by atoms with E-state index < -0.39 is 0 Å². The van der Waals surface area contributed by atoms with Crippen LogP contribution in [0.2, 0.25) is 0 Å². The largest absolute Gasteiger partial charge is 0.283 e. The number of nitrogens with zero attached hydrogens (tertiary/aromatic N) is 1. The number of aryl methyl sites for hydroxylation is 1. The first-order valence-corrected chi connectivity index (χ1v) is 6.24. The van der Waals surface area contributed by atoms with Crippen LogP contribution < -0.4 is 0 Å². The van der Waals surface area contributed by atoms with Crippen molar-refractivity contribution in [3.8, 4) is 0 Å². The molecule has 0 amide bonds. The Hall–Kier alpha value is -0.830. The third kappa shape index (κ3) is 3.34. The van der Waals surface area contributed by atoms with E-state index >= 15 is 0 Å². The lowest BCUT2D eigenvalue weighted by Crippen LogP contribution is -2.04. The highest BCUT2D eigenvalue weighted by Crippen LogP contribution is 2.17. The fraction of sp³-hybridized carbons (Fsp3) is 0.417. The minimum atomic E-state index is -0.164. The van der Waals surface area contributed by atoms with E-state index in [0.29, 0.717) is 0 Å². The lowest BCUT2D eigenvalue weighted by atomic mass is 10.1. The van der Waals surface area contributed by atoms with Crippen LogP contribution in [0.5, 0.6) is 0 Å². The summed E-state index contributed by atoms with van der Waals surface area (Å²) in [6.45, 7) is 0.978. The maximum absolute atomic E-state index is 12.7. The summed E-state index contributed by atoms with van der Waals surface area (Å²) in [5.41, 5.74) is 1.19. The molecule has 0 saturated heterocycles. The van der Waals surface area contributed by atoms with E-state index in [1.54, 1.807) is 0 Å². The number of thioether (sulfide) groups is 1. The van der Waals surface area contributed by atoms with Gasteiger partial charge in [-0.2, -0.15) is 0 Å². The van der Waals surface area contributed by atoms with E-state index in [4.69, 9.17) is 0 Å². The van der Waals surface area contributed by atoms with Gasteiger partial charge in [0.1, 0.15) is 5.82 Å². The zero-order valence-corrected chi connectivity index (χ0v) is 9.39. The molecule has 0 fully saturated rings. The molecule has 1 aromatic rings. The van der Waals surface area contributed by atoms with Crippen LogP contribution in [-0.2, 0) is 6.42 Å². The standard InChI is InChI=1S/C12H14FNS/c13-11-5-2-10(3-6-11)4-7-12-14-8-1-9-15-12/h2-3,5-6H,1,4,7-9H2. The molecule has 0 radical (unpaired) electrons. The number of hydrogen-bond acceptors (Lipinski definition) is 2. The summed E-state index contributed by atoms with van der Waals surface area (Å²) in [7, 11) is 0. The average molecular weight is 223 g/mol. The lowest BCUT2D eigenvalue weighted by molar-refractivity contribution is 0.627. The minimum absolute atomic E-state index is 0.164. The number of aliphatic imine (C=N–C) groups is 1. The zero-order valence-electron chi connectivity index (χ0n) is 8.58. The van der Waals surface area contributed by atoms with Crippen molar-refractivity contribution in [1.29, 1.82) is 0 Å². The Morgan fingerprint density at radius 1 is 1.20 bits per heavy atom. The monoisotopic (exact) mass is 223 g/mol. The molecule has 0 spiro atoms. The van der Waals surface area contributed by atoms with E-state index in [0.717, 1.165) is 19.4 Å². The van der Waals surface area contributed by atoms with Crippen LogP contribution in [0.4, 0.5) is 4.39 Å². The van der Waals surface area contributed by atoms with Crippen LogP contribution in [0.15, 0.2) is 29.3 Å². The number of halogens is 1. The summed E-state index contributed by atoms with van der Waals surface area (Å²) < 4.78 is 12.7. The molecule has 0 bridgehead atoms. The molecule has 1 aliphatic heterocycles. The quantitative estimate of drug-likeness (QED) is 0.766. The summed E-state index contributed by atoms with van der Waals surface area (Å²) in [5, 5.41) is 1.26. The predicted octanol–water partition coefficient (Wildman–Crippen LogP) is 3.29. The van der Waals surface area contributed by atoms with Crippen molar-refractivity contribution in [3.05, 3.63) is 35.6 Å². The third-order valence-electron chi connectivity index (χ3n) is 2.40. The molecule has 2 rings (SSSR count). The van der Waals surface area contributed by atoms with Gasteiger partial charge < -0.3 is 0 Å². The highest BCUT2D eigenvalue weighted by atomic mass is 32.2. The maximum Gasteiger partial charge on any atom is 0.123 e. The van der Waals surface area contributed by atoms with Crippen molar-refractivity contribution >= 4 is 16.8 Å². The first-order valence-electron chi connectivity index (χ1n) is 5.25. The summed E-state index contributed by atoms with van der Waals surface area (Å²) in [4.78, 5) is 4.47. The van der Waals surface area contributed by atoms with E-state index in [9.17, 15) is 4.39 Å². The number of hydrogen-bond donors (Lipinski definition) is 0. The van der Waals surface area contributed by atoms with E-state index in [2.05, 4.69) is 4.99 Å². The Kier molecular flexibility index (Phi) is 3.78. The molecular formula is C12H14FNS. The highest BCUT2D eigenvalue weighted by molar-refractivity contribution is 8.14. The molecule has 0 aliphatic carbocycles. The van der Waals surface area contributed by atoms with E-state index in [1.807, 2.05) is 23.9 Å². The predicted molar refractivity (Wildman–Crippen MR) is 64.1 cm³/mol. The van der Waals surface area contributed by atoms with Gasteiger partial charge in [-0.1, -0.05) is 12.1 Å². The van der Waals surface area contributed by atoms with Crippen LogP contribution >= 0.6 is 11.8 Å². The lowest BCUT2D eigenvalue weighted by Gasteiger charge is -2.10. The molecule has 0 unspecified atom stereocenters. The van der Waals surface area contributed by atoms with Gasteiger partial charge in [0, 0.05) is 12.3 Å². The van der Waals surface area contributed by atoms with Gasteiger partial charge in [-0.3, -0.25) is 4.99 Å². The van der Waals surface area contributed by atoms with Crippen LogP contribution in [0.1, 0.15) is 18.4 Å². The number of rotatable bonds is 3. The molecule has 1 aromatic carbocycles. The zero-order chi connectivity index (χ0) is 10.5. The van der Waals surface area contributed by atoms with Crippen molar-refractivity contribution in [3.63, 3.8) is 0 Å². The van der Waals surface area contributed by atoms with Gasteiger partial charge in [0.15, 0.2) is 0 Å². The fourth-order valence-corrected chi connectivity index (χ4v) is 2.50. The summed E-state index contributed by atoms with van der Waals surface area (Å²) in [5.74, 6) is 1.03. The van der Waals surface area contributed by atoms with E-state index in [-0.39, 0.29) is 5.82 Å². The first-order chi connectivity index (χ1) is 7.34. The molecule has 15 heavy (non-hydrogen) atoms. The molecule has 1 aliphatic rings. The molecule has 1 nitrogen and oxygen atoms in total. The van der Waals surface area contributed by atoms with Crippen LogP contribution in [0, 0.1) is 5.82 Å². The Morgan fingerprint density at radius 3 is 2.67 bits per heavy atom. The van der Waals surface area contributed by atoms with Crippen molar-refractivity contribution < 1.29 is 4.39 Å². The first kappa shape index (κ1) is 10.7. The minimum Gasteiger partial charge on any atom is -0.283 e. The SMILES string of the molecule is Fc1ccc(CCC2=NCCCS2)cc1. The second-order valence-electron chi connectivity index (χ2n) is 3.60. The van der Waals surface area contributed by atoms with Gasteiger partial charge in [-0.25, -0.2) is 4.39 Å². The van der Waals surface area contributed by atoms with Crippen molar-refractivity contribution in [2.45, 2.75) is 19.3 Å². The van der Waals surface area contributed by atoms with E-state index in [1.165, 1.54) is 34.9 Å². The van der Waals surface area contributed by atoms with Crippen LogP contribution in [-0.4, -0.2) is 17.3 Å². The third-order valence-corrected chi connectivity index (χ3v) is 3.56. The number of benzene rings is 1. The molecule has 0 N–H and O–H groups in total. The molecular weight excluding hydrogens is 209 g/mol. The fourth-order valence-electron chi connectivity index (χ4n) is 1.56. The van der Waals surface area contributed by atoms with Crippen LogP contribution in [0.25, 0.3) is 0 Å². The Balaban J connectivity index is 1.87.